The molecular weight excluding hydrogens is 367 g/mol. The average Bonchev–Trinajstić information content (AvgIpc) is 2.97. The summed E-state index contributed by atoms with van der Waals surface area (Å²) in [6.07, 6.45) is -0.0627. The molecule has 2 aliphatic rings. The smallest absolute Gasteiger partial charge is 0.332 e. The van der Waals surface area contributed by atoms with Gasteiger partial charge in [0.25, 0.3) is 5.91 Å². The molecule has 0 atom stereocenters. The number of carbonyl (C=O) groups excluding carboxylic acids is 1. The maximum absolute atomic E-state index is 13.7. The predicted octanol–water partition coefficient (Wildman–Crippen LogP) is 4.02. The van der Waals surface area contributed by atoms with Crippen LogP contribution in [0.5, 0.6) is 0 Å². The van der Waals surface area contributed by atoms with E-state index in [0.717, 1.165) is 18.5 Å². The van der Waals surface area contributed by atoms with Crippen molar-refractivity contribution in [1.82, 2.24) is 14.8 Å². The van der Waals surface area contributed by atoms with E-state index in [-0.39, 0.29) is 29.6 Å². The number of aromatic nitrogens is 1. The Hall–Kier alpha value is -2.41. The average molecular weight is 389 g/mol. The molecule has 0 aliphatic carbocycles. The van der Waals surface area contributed by atoms with Gasteiger partial charge in [0.05, 0.1) is 5.56 Å². The molecule has 2 aliphatic heterocycles. The van der Waals surface area contributed by atoms with Crippen molar-refractivity contribution in [3.63, 3.8) is 0 Å². The van der Waals surface area contributed by atoms with E-state index in [0.29, 0.717) is 18.7 Å². The number of fused-ring (bicyclic) bond motifs is 2. The Morgan fingerprint density at radius 1 is 1.18 bits per heavy atom. The summed E-state index contributed by atoms with van der Waals surface area (Å²) in [6.45, 7) is 5.44. The zero-order valence-electron chi connectivity index (χ0n) is 15.9. The van der Waals surface area contributed by atoms with Gasteiger partial charge in [0.2, 0.25) is 0 Å². The zero-order chi connectivity index (χ0) is 20.1. The van der Waals surface area contributed by atoms with Crippen molar-refractivity contribution >= 4 is 5.91 Å². The van der Waals surface area contributed by atoms with Crippen LogP contribution >= 0.6 is 0 Å². The monoisotopic (exact) mass is 389 g/mol. The highest BCUT2D eigenvalue weighted by Gasteiger charge is 2.40. The lowest BCUT2D eigenvalue weighted by Gasteiger charge is -2.28. The Morgan fingerprint density at radius 3 is 2.68 bits per heavy atom. The molecule has 0 fully saturated rings. The van der Waals surface area contributed by atoms with Crippen LogP contribution < -0.4 is 0 Å². The number of rotatable bonds is 3. The third-order valence-corrected chi connectivity index (χ3v) is 5.56. The summed E-state index contributed by atoms with van der Waals surface area (Å²) < 4.78 is 41.1. The van der Waals surface area contributed by atoms with Gasteiger partial charge in [-0.3, -0.25) is 14.7 Å². The molecule has 0 saturated heterocycles. The van der Waals surface area contributed by atoms with Crippen molar-refractivity contribution in [1.29, 1.82) is 0 Å². The van der Waals surface area contributed by atoms with E-state index in [4.69, 9.17) is 0 Å². The highest BCUT2D eigenvalue weighted by atomic mass is 19.4. The first kappa shape index (κ1) is 18.9. The second-order valence-electron chi connectivity index (χ2n) is 7.80. The van der Waals surface area contributed by atoms with Crippen molar-refractivity contribution < 1.29 is 18.0 Å². The normalized spacial score (nSPS) is 17.2. The fourth-order valence-corrected chi connectivity index (χ4v) is 4.08. The third-order valence-electron chi connectivity index (χ3n) is 5.56. The van der Waals surface area contributed by atoms with Crippen molar-refractivity contribution in [3.8, 4) is 0 Å². The second kappa shape index (κ2) is 6.88. The third kappa shape index (κ3) is 3.39. The van der Waals surface area contributed by atoms with E-state index in [1.165, 1.54) is 16.5 Å². The van der Waals surface area contributed by atoms with Gasteiger partial charge in [-0.15, -0.1) is 0 Å². The van der Waals surface area contributed by atoms with Crippen LogP contribution in [0.25, 0.3) is 0 Å². The van der Waals surface area contributed by atoms with Crippen molar-refractivity contribution in [2.24, 2.45) is 0 Å². The van der Waals surface area contributed by atoms with Crippen LogP contribution in [0.1, 0.15) is 52.0 Å². The topological polar surface area (TPSA) is 36.4 Å². The first-order valence-electron chi connectivity index (χ1n) is 9.42. The van der Waals surface area contributed by atoms with Crippen molar-refractivity contribution in [3.05, 3.63) is 64.0 Å². The lowest BCUT2D eigenvalue weighted by Crippen LogP contribution is -2.31. The molecule has 3 heterocycles. The van der Waals surface area contributed by atoms with Crippen LogP contribution in [0, 0.1) is 0 Å². The highest BCUT2D eigenvalue weighted by molar-refractivity contribution is 5.99. The zero-order valence-corrected chi connectivity index (χ0v) is 15.9. The molecule has 1 amide bonds. The highest BCUT2D eigenvalue weighted by Crippen LogP contribution is 2.39. The Labute approximate surface area is 162 Å². The maximum atomic E-state index is 13.7. The molecule has 7 heteroatoms. The molecule has 4 nitrogen and oxygen atoms in total. The number of carbonyl (C=O) groups is 1. The molecule has 0 unspecified atom stereocenters. The van der Waals surface area contributed by atoms with Crippen molar-refractivity contribution in [2.75, 3.05) is 6.54 Å². The van der Waals surface area contributed by atoms with E-state index < -0.39 is 11.7 Å². The van der Waals surface area contributed by atoms with Gasteiger partial charge in [-0.25, -0.2) is 0 Å². The minimum absolute atomic E-state index is 0.0176. The van der Waals surface area contributed by atoms with Gasteiger partial charge < -0.3 is 4.90 Å². The van der Waals surface area contributed by atoms with Crippen LogP contribution in [-0.2, 0) is 32.2 Å². The number of amides is 1. The Bertz CT molecular complexity index is 924. The first-order chi connectivity index (χ1) is 13.2. The van der Waals surface area contributed by atoms with Crippen molar-refractivity contribution in [2.45, 2.75) is 52.1 Å². The fraction of sp³-hybridized carbons (Fsp3) is 0.429. The van der Waals surface area contributed by atoms with Gasteiger partial charge in [0.15, 0.2) is 0 Å². The molecule has 0 N–H and O–H groups in total. The van der Waals surface area contributed by atoms with Gasteiger partial charge >= 0.3 is 6.18 Å². The summed E-state index contributed by atoms with van der Waals surface area (Å²) >= 11 is 0. The summed E-state index contributed by atoms with van der Waals surface area (Å²) in [4.78, 5) is 20.4. The van der Waals surface area contributed by atoms with Crippen LogP contribution in [0.2, 0.25) is 0 Å². The second-order valence-corrected chi connectivity index (χ2v) is 7.80. The maximum Gasteiger partial charge on any atom is 0.416 e. The molecule has 1 aromatic carbocycles. The molecule has 0 saturated carbocycles. The molecule has 0 spiro atoms. The standard InChI is InChI=1S/C21H22F3N3O/c1-13(2)27-12-18-17(20(27)28)7-14(8-19(18)21(22,23)24)10-26-6-4-15-3-5-25-9-16(15)11-26/h3,5,7-9,13H,4,6,10-12H2,1-2H3. The summed E-state index contributed by atoms with van der Waals surface area (Å²) in [6, 6.07) is 4.71. The fourth-order valence-electron chi connectivity index (χ4n) is 4.08. The Balaban J connectivity index is 1.65. The van der Waals surface area contributed by atoms with Gasteiger partial charge in [-0.05, 0) is 60.7 Å². The van der Waals surface area contributed by atoms with E-state index in [1.807, 2.05) is 26.1 Å². The summed E-state index contributed by atoms with van der Waals surface area (Å²) in [7, 11) is 0. The number of hydrogen-bond acceptors (Lipinski definition) is 3. The van der Waals surface area contributed by atoms with Crippen LogP contribution in [-0.4, -0.2) is 33.3 Å². The summed E-state index contributed by atoms with van der Waals surface area (Å²) in [5.41, 5.74) is 2.47. The molecule has 28 heavy (non-hydrogen) atoms. The quantitative estimate of drug-likeness (QED) is 0.796. The number of benzene rings is 1. The van der Waals surface area contributed by atoms with E-state index in [9.17, 15) is 18.0 Å². The van der Waals surface area contributed by atoms with Gasteiger partial charge in [-0.1, -0.05) is 0 Å². The minimum Gasteiger partial charge on any atom is -0.332 e. The van der Waals surface area contributed by atoms with Crippen LogP contribution in [0.3, 0.4) is 0 Å². The van der Waals surface area contributed by atoms with Gasteiger partial charge in [0.1, 0.15) is 0 Å². The van der Waals surface area contributed by atoms with Gasteiger partial charge in [-0.2, -0.15) is 13.2 Å². The number of halogens is 3. The number of hydrogen-bond donors (Lipinski definition) is 0. The summed E-state index contributed by atoms with van der Waals surface area (Å²) in [5.74, 6) is -0.314. The molecule has 4 rings (SSSR count). The lowest BCUT2D eigenvalue weighted by molar-refractivity contribution is -0.138. The molecular formula is C21H22F3N3O. The van der Waals surface area contributed by atoms with Crippen LogP contribution in [0.4, 0.5) is 13.2 Å². The Morgan fingerprint density at radius 2 is 1.96 bits per heavy atom. The van der Waals surface area contributed by atoms with Gasteiger partial charge in [0, 0.05) is 50.2 Å². The van der Waals surface area contributed by atoms with E-state index in [2.05, 4.69) is 9.88 Å². The van der Waals surface area contributed by atoms with E-state index >= 15 is 0 Å². The number of alkyl halides is 3. The number of nitrogens with zero attached hydrogens (tertiary/aromatic N) is 3. The number of pyridine rings is 1. The molecule has 148 valence electrons. The molecule has 2 aromatic rings. The SMILES string of the molecule is CC(C)N1Cc2c(cc(CN3CCc4ccncc4C3)cc2C(F)(F)F)C1=O. The van der Waals surface area contributed by atoms with Crippen LogP contribution in [0.15, 0.2) is 30.6 Å². The predicted molar refractivity (Wildman–Crippen MR) is 98.5 cm³/mol. The lowest BCUT2D eigenvalue weighted by atomic mass is 9.97. The minimum atomic E-state index is -4.48. The molecule has 1 aromatic heterocycles. The van der Waals surface area contributed by atoms with E-state index in [1.54, 1.807) is 12.3 Å². The summed E-state index contributed by atoms with van der Waals surface area (Å²) in [5, 5.41) is 0. The molecule has 0 bridgehead atoms. The first-order valence-corrected chi connectivity index (χ1v) is 9.42. The largest absolute Gasteiger partial charge is 0.416 e. The molecule has 0 radical (unpaired) electrons. The Kier molecular flexibility index (Phi) is 4.65.